The summed E-state index contributed by atoms with van der Waals surface area (Å²) in [4.78, 5) is 55.3. The minimum absolute atomic E-state index is 0.0243. The first-order valence-corrected chi connectivity index (χ1v) is 12.7. The molecule has 3 rings (SSSR count). The van der Waals surface area contributed by atoms with Crippen molar-refractivity contribution in [3.05, 3.63) is 52.5 Å². The van der Waals surface area contributed by atoms with Gasteiger partial charge in [-0.3, -0.25) is 24.2 Å². The number of alkyl halides is 4. The Bertz CT molecular complexity index is 1150. The largest absolute Gasteiger partial charge is 0.361 e. The molecule has 1 saturated heterocycles. The molecule has 2 aromatic rings. The third kappa shape index (κ3) is 9.32. The van der Waals surface area contributed by atoms with Crippen LogP contribution in [0.3, 0.4) is 0 Å². The van der Waals surface area contributed by atoms with Crippen molar-refractivity contribution in [2.75, 3.05) is 19.8 Å². The van der Waals surface area contributed by atoms with Gasteiger partial charge in [-0.1, -0.05) is 30.3 Å². The molecule has 1 aromatic carbocycles. The predicted molar refractivity (Wildman–Crippen MR) is 131 cm³/mol. The van der Waals surface area contributed by atoms with Crippen LogP contribution in [0, 0.1) is 0 Å². The maximum Gasteiger partial charge on any atom is 0.345 e. The third-order valence-corrected chi connectivity index (χ3v) is 6.47. The molecular formula is C24H26F4N4O7S. The van der Waals surface area contributed by atoms with Crippen molar-refractivity contribution >= 4 is 34.8 Å². The van der Waals surface area contributed by atoms with E-state index in [0.717, 1.165) is 11.3 Å². The molecule has 3 N–H and O–H groups in total. The highest BCUT2D eigenvalue weighted by atomic mass is 32.1. The van der Waals surface area contributed by atoms with E-state index in [0.29, 0.717) is 5.56 Å². The van der Waals surface area contributed by atoms with Crippen LogP contribution in [-0.2, 0) is 35.0 Å². The lowest BCUT2D eigenvalue weighted by Crippen LogP contribution is -2.59. The molecule has 1 aliphatic heterocycles. The van der Waals surface area contributed by atoms with Crippen molar-refractivity contribution in [3.8, 4) is 0 Å². The van der Waals surface area contributed by atoms with Crippen molar-refractivity contribution in [2.45, 2.75) is 50.3 Å². The number of epoxide rings is 1. The average Bonchev–Trinajstić information content (AvgIpc) is 3.42. The molecule has 218 valence electrons. The summed E-state index contributed by atoms with van der Waals surface area (Å²) in [6.07, 6.45) is 1.19. The zero-order valence-corrected chi connectivity index (χ0v) is 21.8. The van der Waals surface area contributed by atoms with E-state index in [9.17, 15) is 36.7 Å². The van der Waals surface area contributed by atoms with Gasteiger partial charge in [0.15, 0.2) is 5.78 Å². The second-order valence-electron chi connectivity index (χ2n) is 8.78. The number of thiazole rings is 1. The van der Waals surface area contributed by atoms with Gasteiger partial charge in [-0.2, -0.15) is 17.6 Å². The fourth-order valence-electron chi connectivity index (χ4n) is 3.48. The lowest BCUT2D eigenvalue weighted by atomic mass is 9.94. The second-order valence-corrected chi connectivity index (χ2v) is 9.66. The molecular weight excluding hydrogens is 564 g/mol. The summed E-state index contributed by atoms with van der Waals surface area (Å²) < 4.78 is 64.6. The lowest BCUT2D eigenvalue weighted by molar-refractivity contribution is -0.152. The van der Waals surface area contributed by atoms with E-state index in [1.54, 1.807) is 30.3 Å². The number of nitrogens with one attached hydrogen (secondary N) is 3. The molecule has 0 spiro atoms. The molecule has 0 saturated carbocycles. The van der Waals surface area contributed by atoms with Crippen LogP contribution in [0.25, 0.3) is 0 Å². The Morgan fingerprint density at radius 3 is 2.00 bits per heavy atom. The molecule has 0 unspecified atom stereocenters. The van der Waals surface area contributed by atoms with Gasteiger partial charge in [-0.05, 0) is 18.9 Å². The number of hydrogen-bond acceptors (Lipinski definition) is 9. The maximum atomic E-state index is 13.2. The van der Waals surface area contributed by atoms with Gasteiger partial charge in [0.25, 0.3) is 5.91 Å². The Morgan fingerprint density at radius 1 is 0.950 bits per heavy atom. The Labute approximate surface area is 229 Å². The van der Waals surface area contributed by atoms with E-state index in [2.05, 4.69) is 30.4 Å². The van der Waals surface area contributed by atoms with Crippen molar-refractivity contribution in [1.29, 1.82) is 0 Å². The van der Waals surface area contributed by atoms with Crippen molar-refractivity contribution < 1.29 is 51.0 Å². The summed E-state index contributed by atoms with van der Waals surface area (Å²) in [5.74, 6) is -3.61. The number of rotatable bonds is 16. The predicted octanol–water partition coefficient (Wildman–Crippen LogP) is 1.29. The molecule has 2 heterocycles. The number of hydrogen-bond donors (Lipinski definition) is 3. The summed E-state index contributed by atoms with van der Waals surface area (Å²) in [6.45, 7) is -7.03. The quantitative estimate of drug-likeness (QED) is 0.196. The lowest BCUT2D eigenvalue weighted by Gasteiger charge is -2.25. The molecule has 3 amide bonds. The van der Waals surface area contributed by atoms with Crippen molar-refractivity contribution in [3.63, 3.8) is 0 Å². The minimum Gasteiger partial charge on any atom is -0.361 e. The van der Waals surface area contributed by atoms with Crippen LogP contribution in [0.4, 0.5) is 17.6 Å². The van der Waals surface area contributed by atoms with Gasteiger partial charge < -0.3 is 30.2 Å². The fourth-order valence-corrected chi connectivity index (χ4v) is 4.01. The second kappa shape index (κ2) is 14.2. The zero-order valence-electron chi connectivity index (χ0n) is 21.0. The van der Waals surface area contributed by atoms with Crippen LogP contribution in [0.2, 0.25) is 0 Å². The van der Waals surface area contributed by atoms with E-state index in [4.69, 9.17) is 4.74 Å². The Balaban J connectivity index is 1.76. The topological polar surface area (TPSA) is 148 Å². The summed E-state index contributed by atoms with van der Waals surface area (Å²) >= 11 is 0.903. The molecule has 40 heavy (non-hydrogen) atoms. The van der Waals surface area contributed by atoms with Crippen molar-refractivity contribution in [2.24, 2.45) is 0 Å². The maximum absolute atomic E-state index is 13.2. The number of halogens is 4. The summed E-state index contributed by atoms with van der Waals surface area (Å²) in [7, 11) is 0. The van der Waals surface area contributed by atoms with E-state index in [-0.39, 0.29) is 17.9 Å². The highest BCUT2D eigenvalue weighted by molar-refractivity contribution is 7.11. The molecule has 1 fully saturated rings. The Kier molecular flexibility index (Phi) is 11.1. The first-order valence-electron chi connectivity index (χ1n) is 11.8. The number of amides is 3. The van der Waals surface area contributed by atoms with Crippen LogP contribution in [0.1, 0.15) is 22.2 Å². The third-order valence-electron chi connectivity index (χ3n) is 5.70. The van der Waals surface area contributed by atoms with Gasteiger partial charge in [-0.25, -0.2) is 0 Å². The van der Waals surface area contributed by atoms with Gasteiger partial charge in [0.2, 0.25) is 11.8 Å². The van der Waals surface area contributed by atoms with Crippen LogP contribution in [0.5, 0.6) is 0 Å². The van der Waals surface area contributed by atoms with Crippen LogP contribution >= 0.6 is 11.3 Å². The van der Waals surface area contributed by atoms with Gasteiger partial charge in [0.1, 0.15) is 22.6 Å². The highest BCUT2D eigenvalue weighted by Crippen LogP contribution is 2.29. The molecule has 11 nitrogen and oxygen atoms in total. The number of carbonyl (C=O) groups is 4. The number of carbonyl (C=O) groups excluding carboxylic acids is 4. The first kappa shape index (κ1) is 31.1. The molecule has 1 aromatic heterocycles. The molecule has 1 aliphatic rings. The minimum atomic E-state index is -3.32. The SMILES string of the molecule is C[C@]1(C(=O)[C@H](Cc2ccccc2)NC(=O)[C@H](COC(F)F)NC(=O)[C@H](COC(F)F)NC(=O)c2cncs2)CO1. The first-order chi connectivity index (χ1) is 19.0. The molecule has 0 aliphatic carbocycles. The van der Waals surface area contributed by atoms with E-state index in [1.165, 1.54) is 18.6 Å². The Morgan fingerprint density at radius 2 is 1.50 bits per heavy atom. The van der Waals surface area contributed by atoms with Gasteiger partial charge in [-0.15, -0.1) is 11.3 Å². The van der Waals surface area contributed by atoms with Crippen LogP contribution in [-0.4, -0.2) is 85.3 Å². The number of benzene rings is 1. The molecule has 16 heteroatoms. The average molecular weight is 591 g/mol. The van der Waals surface area contributed by atoms with E-state index < -0.39 is 73.7 Å². The molecule has 0 bridgehead atoms. The van der Waals surface area contributed by atoms with Gasteiger partial charge in [0.05, 0.1) is 37.6 Å². The number of nitrogens with zero attached hydrogens (tertiary/aromatic N) is 1. The van der Waals surface area contributed by atoms with E-state index >= 15 is 0 Å². The summed E-state index contributed by atoms with van der Waals surface area (Å²) in [6, 6.07) is 3.87. The Hall–Kier alpha value is -3.47. The number of ketones is 1. The number of Topliss-reactive ketones (excluding diaryl/α,β-unsaturated/α-hetero) is 1. The summed E-state index contributed by atoms with van der Waals surface area (Å²) in [5, 5.41) is 6.72. The smallest absolute Gasteiger partial charge is 0.345 e. The van der Waals surface area contributed by atoms with Crippen molar-refractivity contribution in [1.82, 2.24) is 20.9 Å². The number of aromatic nitrogens is 1. The van der Waals surface area contributed by atoms with Gasteiger partial charge in [0, 0.05) is 0 Å². The molecule has 0 radical (unpaired) electrons. The van der Waals surface area contributed by atoms with Gasteiger partial charge >= 0.3 is 13.2 Å². The van der Waals surface area contributed by atoms with E-state index in [1.807, 2.05) is 0 Å². The fraction of sp³-hybridized carbons (Fsp3) is 0.458. The van der Waals surface area contributed by atoms with Crippen LogP contribution in [0.15, 0.2) is 42.0 Å². The normalized spacial score (nSPS) is 18.6. The van der Waals surface area contributed by atoms with Crippen LogP contribution < -0.4 is 16.0 Å². The standard InChI is InChI=1S/C24H26F4N4O7S/c1-24(11-39-24)18(33)14(7-13-5-3-2-4-6-13)30-19(34)15(9-37-22(25)26)31-20(35)16(10-38-23(27)28)32-21(36)17-8-29-12-40-17/h2-6,8,12,14-16,22-23H,7,9-11H2,1H3,(H,30,34)(H,31,35)(H,32,36)/t14-,15-,16-,24+/m0/s1. The molecule has 4 atom stereocenters. The zero-order chi connectivity index (χ0) is 29.3. The monoisotopic (exact) mass is 590 g/mol. The summed E-state index contributed by atoms with van der Waals surface area (Å²) in [5.41, 5.74) is 0.843. The highest BCUT2D eigenvalue weighted by Gasteiger charge is 2.50. The number of ether oxygens (including phenoxy) is 3.